The zero-order valence-electron chi connectivity index (χ0n) is 7.74. The Labute approximate surface area is 80.5 Å². The lowest BCUT2D eigenvalue weighted by molar-refractivity contribution is 0.487. The van der Waals surface area contributed by atoms with E-state index in [1.54, 1.807) is 26.3 Å². The van der Waals surface area contributed by atoms with Crippen LogP contribution < -0.4 is 5.32 Å². The van der Waals surface area contributed by atoms with Crippen LogP contribution in [-0.2, 0) is 0 Å². The van der Waals surface area contributed by atoms with Crippen molar-refractivity contribution in [1.29, 1.82) is 0 Å². The second kappa shape index (κ2) is 3.96. The summed E-state index contributed by atoms with van der Waals surface area (Å²) >= 11 is 1.19. The molecular weight excluding hydrogens is 192 g/mol. The maximum atomic E-state index is 13.3. The summed E-state index contributed by atoms with van der Waals surface area (Å²) in [5, 5.41) is 2.83. The summed E-state index contributed by atoms with van der Waals surface area (Å²) in [4.78, 5) is 0.325. The molecule has 1 aromatic rings. The Bertz CT molecular complexity index is 326. The Kier molecular flexibility index (Phi) is 3.14. The molecule has 1 nitrogen and oxygen atoms in total. The van der Waals surface area contributed by atoms with Gasteiger partial charge in [0.2, 0.25) is 0 Å². The van der Waals surface area contributed by atoms with E-state index in [4.69, 9.17) is 0 Å². The van der Waals surface area contributed by atoms with E-state index in [0.29, 0.717) is 16.1 Å². The SMILES string of the molecule is CNc1cc(C)c(F)c(F)c1SC. The molecule has 1 rings (SSSR count). The van der Waals surface area contributed by atoms with E-state index in [2.05, 4.69) is 5.32 Å². The molecule has 0 atom stereocenters. The van der Waals surface area contributed by atoms with Crippen LogP contribution in [-0.4, -0.2) is 13.3 Å². The Morgan fingerprint density at radius 2 is 1.92 bits per heavy atom. The fourth-order valence-corrected chi connectivity index (χ4v) is 1.77. The fourth-order valence-electron chi connectivity index (χ4n) is 1.12. The van der Waals surface area contributed by atoms with Crippen molar-refractivity contribution < 1.29 is 8.78 Å². The molecule has 0 spiro atoms. The monoisotopic (exact) mass is 203 g/mol. The van der Waals surface area contributed by atoms with Crippen LogP contribution in [0.2, 0.25) is 0 Å². The first-order valence-corrected chi connectivity index (χ1v) is 5.04. The standard InChI is InChI=1S/C9H11F2NS/c1-5-4-6(12-2)9(13-3)8(11)7(5)10/h4,12H,1-3H3. The topological polar surface area (TPSA) is 12.0 Å². The second-order valence-corrected chi connectivity index (χ2v) is 3.47. The van der Waals surface area contributed by atoms with E-state index in [1.807, 2.05) is 0 Å². The van der Waals surface area contributed by atoms with Crippen LogP contribution in [0.15, 0.2) is 11.0 Å². The van der Waals surface area contributed by atoms with Gasteiger partial charge in [0.05, 0.1) is 10.6 Å². The van der Waals surface area contributed by atoms with Crippen LogP contribution in [0.25, 0.3) is 0 Å². The summed E-state index contributed by atoms with van der Waals surface area (Å²) in [5.41, 5.74) is 0.948. The van der Waals surface area contributed by atoms with E-state index < -0.39 is 11.6 Å². The molecular formula is C9H11F2NS. The highest BCUT2D eigenvalue weighted by atomic mass is 32.2. The molecule has 0 fully saturated rings. The van der Waals surface area contributed by atoms with Gasteiger partial charge in [-0.05, 0) is 24.8 Å². The molecule has 0 saturated heterocycles. The lowest BCUT2D eigenvalue weighted by Gasteiger charge is -2.10. The summed E-state index contributed by atoms with van der Waals surface area (Å²) < 4.78 is 26.4. The van der Waals surface area contributed by atoms with Gasteiger partial charge < -0.3 is 5.32 Å². The number of hydrogen-bond acceptors (Lipinski definition) is 2. The molecule has 0 amide bonds. The van der Waals surface area contributed by atoms with E-state index >= 15 is 0 Å². The van der Waals surface area contributed by atoms with Gasteiger partial charge in [-0.15, -0.1) is 11.8 Å². The van der Waals surface area contributed by atoms with Gasteiger partial charge in [-0.1, -0.05) is 0 Å². The highest BCUT2D eigenvalue weighted by Crippen LogP contribution is 2.31. The summed E-state index contributed by atoms with van der Waals surface area (Å²) in [5.74, 6) is -1.53. The van der Waals surface area contributed by atoms with Crippen molar-refractivity contribution in [3.63, 3.8) is 0 Å². The van der Waals surface area contributed by atoms with Crippen LogP contribution >= 0.6 is 11.8 Å². The third-order valence-corrected chi connectivity index (χ3v) is 2.62. The fraction of sp³-hybridized carbons (Fsp3) is 0.333. The number of aryl methyl sites for hydroxylation is 1. The Morgan fingerprint density at radius 1 is 1.31 bits per heavy atom. The number of halogens is 2. The Balaban J connectivity index is 3.39. The van der Waals surface area contributed by atoms with Gasteiger partial charge in [0, 0.05) is 7.05 Å². The maximum Gasteiger partial charge on any atom is 0.174 e. The molecule has 0 aliphatic carbocycles. The van der Waals surface area contributed by atoms with Gasteiger partial charge in [0.25, 0.3) is 0 Å². The van der Waals surface area contributed by atoms with Gasteiger partial charge in [-0.2, -0.15) is 0 Å². The van der Waals surface area contributed by atoms with Crippen molar-refractivity contribution >= 4 is 17.4 Å². The predicted octanol–water partition coefficient (Wildman–Crippen LogP) is 3.04. The zero-order chi connectivity index (χ0) is 10.0. The van der Waals surface area contributed by atoms with Gasteiger partial charge >= 0.3 is 0 Å². The molecule has 0 unspecified atom stereocenters. The number of hydrogen-bond donors (Lipinski definition) is 1. The normalized spacial score (nSPS) is 10.2. The van der Waals surface area contributed by atoms with Crippen LogP contribution in [0, 0.1) is 18.6 Å². The molecule has 0 saturated carbocycles. The molecule has 1 N–H and O–H groups in total. The number of thioether (sulfide) groups is 1. The van der Waals surface area contributed by atoms with E-state index in [-0.39, 0.29) is 0 Å². The predicted molar refractivity (Wildman–Crippen MR) is 52.4 cm³/mol. The van der Waals surface area contributed by atoms with Crippen molar-refractivity contribution in [2.24, 2.45) is 0 Å². The minimum Gasteiger partial charge on any atom is -0.387 e. The van der Waals surface area contributed by atoms with Crippen molar-refractivity contribution in [3.8, 4) is 0 Å². The van der Waals surface area contributed by atoms with Crippen LogP contribution in [0.1, 0.15) is 5.56 Å². The molecule has 0 aromatic heterocycles. The third-order valence-electron chi connectivity index (χ3n) is 1.82. The van der Waals surface area contributed by atoms with Crippen molar-refractivity contribution in [1.82, 2.24) is 0 Å². The van der Waals surface area contributed by atoms with Crippen LogP contribution in [0.3, 0.4) is 0 Å². The number of anilines is 1. The first-order valence-electron chi connectivity index (χ1n) is 3.82. The molecule has 0 aliphatic rings. The van der Waals surface area contributed by atoms with E-state index in [0.717, 1.165) is 0 Å². The third kappa shape index (κ3) is 1.77. The summed E-state index contributed by atoms with van der Waals surface area (Å²) in [6.07, 6.45) is 1.72. The number of benzene rings is 1. The van der Waals surface area contributed by atoms with Crippen molar-refractivity contribution in [2.45, 2.75) is 11.8 Å². The van der Waals surface area contributed by atoms with Crippen LogP contribution in [0.4, 0.5) is 14.5 Å². The first kappa shape index (κ1) is 10.3. The smallest absolute Gasteiger partial charge is 0.174 e. The Hall–Kier alpha value is -0.770. The van der Waals surface area contributed by atoms with Crippen LogP contribution in [0.5, 0.6) is 0 Å². The second-order valence-electron chi connectivity index (χ2n) is 2.65. The first-order chi connectivity index (χ1) is 6.11. The molecule has 4 heteroatoms. The highest BCUT2D eigenvalue weighted by molar-refractivity contribution is 7.98. The lowest BCUT2D eigenvalue weighted by atomic mass is 10.2. The molecule has 0 aliphatic heterocycles. The van der Waals surface area contributed by atoms with E-state index in [9.17, 15) is 8.78 Å². The molecule has 0 radical (unpaired) electrons. The highest BCUT2D eigenvalue weighted by Gasteiger charge is 2.14. The zero-order valence-corrected chi connectivity index (χ0v) is 8.56. The maximum absolute atomic E-state index is 13.3. The largest absolute Gasteiger partial charge is 0.387 e. The minimum absolute atomic E-state index is 0.319. The van der Waals surface area contributed by atoms with Crippen molar-refractivity contribution in [2.75, 3.05) is 18.6 Å². The van der Waals surface area contributed by atoms with Gasteiger partial charge in [-0.25, -0.2) is 8.78 Å². The van der Waals surface area contributed by atoms with Gasteiger partial charge in [0.1, 0.15) is 0 Å². The number of rotatable bonds is 2. The number of nitrogens with one attached hydrogen (secondary N) is 1. The average Bonchev–Trinajstić information content (AvgIpc) is 2.13. The summed E-state index contributed by atoms with van der Waals surface area (Å²) in [6, 6.07) is 1.60. The molecule has 1 aromatic carbocycles. The minimum atomic E-state index is -0.767. The molecule has 0 bridgehead atoms. The lowest BCUT2D eigenvalue weighted by Crippen LogP contribution is -1.98. The summed E-state index contributed by atoms with van der Waals surface area (Å²) in [6.45, 7) is 1.54. The quantitative estimate of drug-likeness (QED) is 0.741. The molecule has 0 heterocycles. The van der Waals surface area contributed by atoms with Crippen molar-refractivity contribution in [3.05, 3.63) is 23.3 Å². The average molecular weight is 203 g/mol. The Morgan fingerprint density at radius 3 is 2.38 bits per heavy atom. The van der Waals surface area contributed by atoms with E-state index in [1.165, 1.54) is 11.8 Å². The summed E-state index contributed by atoms with van der Waals surface area (Å²) in [7, 11) is 1.69. The molecule has 72 valence electrons. The molecule has 13 heavy (non-hydrogen) atoms. The van der Waals surface area contributed by atoms with Gasteiger partial charge in [-0.3, -0.25) is 0 Å². The van der Waals surface area contributed by atoms with Gasteiger partial charge in [0.15, 0.2) is 11.6 Å².